The summed E-state index contributed by atoms with van der Waals surface area (Å²) in [5.41, 5.74) is 0.261. The van der Waals surface area contributed by atoms with Crippen molar-refractivity contribution in [3.63, 3.8) is 0 Å². The first-order valence-electron chi connectivity index (χ1n) is 9.28. The Balaban J connectivity index is 1.42. The Labute approximate surface area is 144 Å². The van der Waals surface area contributed by atoms with Crippen molar-refractivity contribution >= 4 is 11.7 Å². The molecule has 1 amide bonds. The summed E-state index contributed by atoms with van der Waals surface area (Å²) >= 11 is 0. The third kappa shape index (κ3) is 3.14. The lowest BCUT2D eigenvalue weighted by atomic mass is 9.79. The summed E-state index contributed by atoms with van der Waals surface area (Å²) in [5, 5.41) is 0. The molecule has 24 heavy (non-hydrogen) atoms. The lowest BCUT2D eigenvalue weighted by Gasteiger charge is -2.41. The Bertz CT molecular complexity index is 573. The van der Waals surface area contributed by atoms with Crippen LogP contribution in [0.25, 0.3) is 0 Å². The van der Waals surface area contributed by atoms with E-state index in [-0.39, 0.29) is 11.3 Å². The molecule has 3 saturated heterocycles. The first-order chi connectivity index (χ1) is 11.8. The van der Waals surface area contributed by atoms with Crippen molar-refractivity contribution in [1.82, 2.24) is 9.88 Å². The zero-order valence-electron chi connectivity index (χ0n) is 14.3. The van der Waals surface area contributed by atoms with E-state index < -0.39 is 0 Å². The van der Waals surface area contributed by atoms with Crippen LogP contribution >= 0.6 is 0 Å². The highest BCUT2D eigenvalue weighted by atomic mass is 16.5. The summed E-state index contributed by atoms with van der Waals surface area (Å²) in [5.74, 6) is 1.63. The second-order valence-electron chi connectivity index (χ2n) is 7.61. The maximum atomic E-state index is 12.8. The molecule has 130 valence electrons. The zero-order chi connectivity index (χ0) is 16.4. The zero-order valence-corrected chi connectivity index (χ0v) is 14.3. The molecule has 0 saturated carbocycles. The van der Waals surface area contributed by atoms with Gasteiger partial charge < -0.3 is 14.5 Å². The van der Waals surface area contributed by atoms with E-state index in [2.05, 4.69) is 26.9 Å². The maximum Gasteiger partial charge on any atom is 0.225 e. The van der Waals surface area contributed by atoms with Gasteiger partial charge in [-0.2, -0.15) is 0 Å². The lowest BCUT2D eigenvalue weighted by Crippen LogP contribution is -2.46. The van der Waals surface area contributed by atoms with Crippen molar-refractivity contribution in [1.29, 1.82) is 0 Å². The van der Waals surface area contributed by atoms with Gasteiger partial charge in [0, 0.05) is 56.9 Å². The van der Waals surface area contributed by atoms with Gasteiger partial charge in [-0.15, -0.1) is 0 Å². The number of pyridine rings is 1. The van der Waals surface area contributed by atoms with Crippen LogP contribution in [0.5, 0.6) is 0 Å². The van der Waals surface area contributed by atoms with Crippen molar-refractivity contribution in [2.24, 2.45) is 11.3 Å². The number of rotatable bonds is 2. The van der Waals surface area contributed by atoms with Crippen LogP contribution in [0, 0.1) is 11.3 Å². The van der Waals surface area contributed by atoms with Gasteiger partial charge in [0.25, 0.3) is 0 Å². The molecule has 3 aliphatic rings. The average molecular weight is 329 g/mol. The molecule has 3 fully saturated rings. The Morgan fingerprint density at radius 1 is 1.17 bits per heavy atom. The van der Waals surface area contributed by atoms with Gasteiger partial charge in [-0.3, -0.25) is 4.79 Å². The third-order valence-corrected chi connectivity index (χ3v) is 5.96. The van der Waals surface area contributed by atoms with Crippen molar-refractivity contribution in [2.45, 2.75) is 32.1 Å². The fraction of sp³-hybridized carbons (Fsp3) is 0.684. The SMILES string of the molecule is O=C(C1CCOCC1)N1CC[C@]2(CCCN(c3ccccn3)C2)C1. The molecule has 4 rings (SSSR count). The minimum atomic E-state index is 0.185. The topological polar surface area (TPSA) is 45.7 Å². The highest BCUT2D eigenvalue weighted by Gasteiger charge is 2.44. The number of amides is 1. The van der Waals surface area contributed by atoms with Crippen molar-refractivity contribution < 1.29 is 9.53 Å². The number of likely N-dealkylation sites (tertiary alicyclic amines) is 1. The number of nitrogens with zero attached hydrogens (tertiary/aromatic N) is 3. The highest BCUT2D eigenvalue weighted by Crippen LogP contribution is 2.40. The second kappa shape index (κ2) is 6.71. The fourth-order valence-corrected chi connectivity index (χ4v) is 4.60. The predicted octanol–water partition coefficient (Wildman–Crippen LogP) is 2.33. The second-order valence-corrected chi connectivity index (χ2v) is 7.61. The van der Waals surface area contributed by atoms with Crippen molar-refractivity contribution in [2.75, 3.05) is 44.3 Å². The standard InChI is InChI=1S/C19H27N3O2/c23-18(16-5-12-24-13-6-16)22-11-8-19(15-22)7-3-10-21(14-19)17-4-1-2-9-20-17/h1-2,4,9,16H,3,5-8,10-15H2/t19-/m0/s1. The van der Waals surface area contributed by atoms with E-state index in [1.54, 1.807) is 0 Å². The monoisotopic (exact) mass is 329 g/mol. The summed E-state index contributed by atoms with van der Waals surface area (Å²) < 4.78 is 5.40. The number of hydrogen-bond acceptors (Lipinski definition) is 4. The Hall–Kier alpha value is -1.62. The number of piperidine rings is 1. The van der Waals surface area contributed by atoms with Gasteiger partial charge in [-0.05, 0) is 44.2 Å². The quantitative estimate of drug-likeness (QED) is 0.835. The number of hydrogen-bond donors (Lipinski definition) is 0. The first-order valence-corrected chi connectivity index (χ1v) is 9.28. The van der Waals surface area contributed by atoms with E-state index in [0.717, 1.165) is 64.5 Å². The molecule has 0 aliphatic carbocycles. The summed E-state index contributed by atoms with van der Waals surface area (Å²) in [7, 11) is 0. The molecule has 5 nitrogen and oxygen atoms in total. The van der Waals surface area contributed by atoms with Crippen LogP contribution in [0.4, 0.5) is 5.82 Å². The summed E-state index contributed by atoms with van der Waals surface area (Å²) in [6.07, 6.45) is 7.20. The van der Waals surface area contributed by atoms with E-state index in [0.29, 0.717) is 5.91 Å². The smallest absolute Gasteiger partial charge is 0.225 e. The largest absolute Gasteiger partial charge is 0.381 e. The van der Waals surface area contributed by atoms with Gasteiger partial charge >= 0.3 is 0 Å². The summed E-state index contributed by atoms with van der Waals surface area (Å²) in [6, 6.07) is 6.12. The van der Waals surface area contributed by atoms with E-state index in [9.17, 15) is 4.79 Å². The molecular formula is C19H27N3O2. The van der Waals surface area contributed by atoms with Gasteiger partial charge in [0.1, 0.15) is 5.82 Å². The van der Waals surface area contributed by atoms with Gasteiger partial charge in [-0.25, -0.2) is 4.98 Å². The number of carbonyl (C=O) groups is 1. The number of aromatic nitrogens is 1. The molecule has 0 bridgehead atoms. The molecule has 0 unspecified atom stereocenters. The molecule has 0 radical (unpaired) electrons. The van der Waals surface area contributed by atoms with Gasteiger partial charge in [0.05, 0.1) is 0 Å². The molecule has 4 heterocycles. The average Bonchev–Trinajstić information content (AvgIpc) is 3.06. The fourth-order valence-electron chi connectivity index (χ4n) is 4.60. The number of carbonyl (C=O) groups excluding carboxylic acids is 1. The minimum absolute atomic E-state index is 0.185. The molecule has 0 aromatic carbocycles. The van der Waals surface area contributed by atoms with Crippen molar-refractivity contribution in [3.8, 4) is 0 Å². The predicted molar refractivity (Wildman–Crippen MR) is 92.9 cm³/mol. The third-order valence-electron chi connectivity index (χ3n) is 5.96. The van der Waals surface area contributed by atoms with Crippen LogP contribution in [0.2, 0.25) is 0 Å². The van der Waals surface area contributed by atoms with E-state index >= 15 is 0 Å². The van der Waals surface area contributed by atoms with Crippen LogP contribution in [0.3, 0.4) is 0 Å². The van der Waals surface area contributed by atoms with E-state index in [1.165, 1.54) is 12.8 Å². The molecule has 3 aliphatic heterocycles. The van der Waals surface area contributed by atoms with E-state index in [1.807, 2.05) is 12.3 Å². The first kappa shape index (κ1) is 15.9. The molecular weight excluding hydrogens is 302 g/mol. The van der Waals surface area contributed by atoms with Crippen LogP contribution in [-0.4, -0.2) is 55.2 Å². The summed E-state index contributed by atoms with van der Waals surface area (Å²) in [4.78, 5) is 21.9. The Kier molecular flexibility index (Phi) is 4.44. The van der Waals surface area contributed by atoms with Crippen LogP contribution < -0.4 is 4.90 Å². The van der Waals surface area contributed by atoms with Crippen molar-refractivity contribution in [3.05, 3.63) is 24.4 Å². The van der Waals surface area contributed by atoms with E-state index in [4.69, 9.17) is 4.74 Å². The Morgan fingerprint density at radius 2 is 2.04 bits per heavy atom. The highest BCUT2D eigenvalue weighted by molar-refractivity contribution is 5.79. The number of anilines is 1. The molecule has 5 heteroatoms. The summed E-state index contributed by atoms with van der Waals surface area (Å²) in [6.45, 7) is 5.43. The molecule has 0 N–H and O–H groups in total. The normalized spacial score (nSPS) is 28.5. The minimum Gasteiger partial charge on any atom is -0.381 e. The van der Waals surface area contributed by atoms with Gasteiger partial charge in [-0.1, -0.05) is 6.07 Å². The molecule has 1 atom stereocenters. The van der Waals surface area contributed by atoms with Gasteiger partial charge in [0.2, 0.25) is 5.91 Å². The number of ether oxygens (including phenoxy) is 1. The lowest BCUT2D eigenvalue weighted by molar-refractivity contribution is -0.137. The van der Waals surface area contributed by atoms with Crippen LogP contribution in [0.1, 0.15) is 32.1 Å². The Morgan fingerprint density at radius 3 is 2.83 bits per heavy atom. The maximum absolute atomic E-state index is 12.8. The van der Waals surface area contributed by atoms with Crippen LogP contribution in [0.15, 0.2) is 24.4 Å². The molecule has 1 spiro atoms. The molecule has 1 aromatic rings. The van der Waals surface area contributed by atoms with Crippen LogP contribution in [-0.2, 0) is 9.53 Å². The molecule has 1 aromatic heterocycles. The van der Waals surface area contributed by atoms with Gasteiger partial charge in [0.15, 0.2) is 0 Å².